The van der Waals surface area contributed by atoms with Crippen LogP contribution in [0, 0.1) is 6.92 Å². The van der Waals surface area contributed by atoms with Gasteiger partial charge in [-0.25, -0.2) is 18.0 Å². The third-order valence-corrected chi connectivity index (χ3v) is 6.32. The molecule has 0 saturated carbocycles. The molecule has 0 amide bonds. The number of rotatable bonds is 5. The van der Waals surface area contributed by atoms with Gasteiger partial charge >= 0.3 is 11.9 Å². The topological polar surface area (TPSA) is 90.0 Å². The van der Waals surface area contributed by atoms with Crippen molar-refractivity contribution in [3.63, 3.8) is 0 Å². The van der Waals surface area contributed by atoms with E-state index >= 15 is 0 Å². The molecular weight excluding hydrogens is 382 g/mol. The van der Waals surface area contributed by atoms with Crippen LogP contribution >= 0.6 is 0 Å². The third kappa shape index (κ3) is 4.01. The van der Waals surface area contributed by atoms with Gasteiger partial charge in [0, 0.05) is 13.5 Å². The van der Waals surface area contributed by atoms with Gasteiger partial charge in [-0.15, -0.1) is 0 Å². The Morgan fingerprint density at radius 2 is 1.71 bits per heavy atom. The summed E-state index contributed by atoms with van der Waals surface area (Å²) in [7, 11) is -2.28. The van der Waals surface area contributed by atoms with Crippen LogP contribution in [0.2, 0.25) is 0 Å². The number of cyclic esters (lactones) is 1. The first-order valence-corrected chi connectivity index (χ1v) is 10.2. The van der Waals surface area contributed by atoms with Crippen molar-refractivity contribution in [2.45, 2.75) is 37.4 Å². The number of sulfonamides is 1. The summed E-state index contributed by atoms with van der Waals surface area (Å²) in [5.74, 6) is -1.21. The van der Waals surface area contributed by atoms with E-state index in [9.17, 15) is 18.0 Å². The zero-order chi connectivity index (χ0) is 20.5. The zero-order valence-corrected chi connectivity index (χ0v) is 16.6. The average molecular weight is 403 g/mol. The maximum atomic E-state index is 12.7. The molecule has 2 unspecified atom stereocenters. The summed E-state index contributed by atoms with van der Waals surface area (Å²) in [5, 5.41) is 0. The van der Waals surface area contributed by atoms with Gasteiger partial charge in [0.25, 0.3) is 10.0 Å². The predicted molar refractivity (Wildman–Crippen MR) is 103 cm³/mol. The highest BCUT2D eigenvalue weighted by Crippen LogP contribution is 2.24. The van der Waals surface area contributed by atoms with Crippen LogP contribution in [0.4, 0.5) is 5.69 Å². The van der Waals surface area contributed by atoms with Gasteiger partial charge in [-0.3, -0.25) is 4.31 Å². The monoisotopic (exact) mass is 403 g/mol. The molecule has 1 fully saturated rings. The number of hydrogen-bond donors (Lipinski definition) is 0. The van der Waals surface area contributed by atoms with Crippen LogP contribution in [0.15, 0.2) is 53.4 Å². The van der Waals surface area contributed by atoms with Gasteiger partial charge in [0.1, 0.15) is 6.10 Å². The Labute approximate surface area is 163 Å². The maximum absolute atomic E-state index is 12.7. The molecule has 148 valence electrons. The number of benzene rings is 2. The van der Waals surface area contributed by atoms with Crippen LogP contribution in [-0.4, -0.2) is 39.6 Å². The fourth-order valence-corrected chi connectivity index (χ4v) is 4.02. The summed E-state index contributed by atoms with van der Waals surface area (Å²) >= 11 is 0. The second kappa shape index (κ2) is 7.63. The van der Waals surface area contributed by atoms with Crippen molar-refractivity contribution in [2.24, 2.45) is 0 Å². The van der Waals surface area contributed by atoms with Crippen LogP contribution in [0.5, 0.6) is 0 Å². The summed E-state index contributed by atoms with van der Waals surface area (Å²) in [6.07, 6.45) is -0.875. The number of hydrogen-bond acceptors (Lipinski definition) is 6. The van der Waals surface area contributed by atoms with Crippen molar-refractivity contribution in [1.82, 2.24) is 0 Å². The lowest BCUT2D eigenvalue weighted by molar-refractivity contribution is -0.147. The predicted octanol–water partition coefficient (Wildman–Crippen LogP) is 2.68. The summed E-state index contributed by atoms with van der Waals surface area (Å²) in [4.78, 5) is 24.0. The van der Waals surface area contributed by atoms with Crippen molar-refractivity contribution in [3.8, 4) is 0 Å². The van der Waals surface area contributed by atoms with Gasteiger partial charge in [-0.05, 0) is 50.2 Å². The van der Waals surface area contributed by atoms with Gasteiger partial charge < -0.3 is 9.47 Å². The molecule has 3 rings (SSSR count). The smallest absolute Gasteiger partial charge is 0.347 e. The molecule has 0 aliphatic carbocycles. The Balaban J connectivity index is 1.73. The third-order valence-electron chi connectivity index (χ3n) is 4.52. The number of aryl methyl sites for hydroxylation is 1. The quantitative estimate of drug-likeness (QED) is 0.713. The number of carbonyl (C=O) groups is 2. The van der Waals surface area contributed by atoms with Gasteiger partial charge in [-0.1, -0.05) is 17.7 Å². The summed E-state index contributed by atoms with van der Waals surface area (Å²) in [5.41, 5.74) is 1.58. The van der Waals surface area contributed by atoms with Crippen LogP contribution in [0.3, 0.4) is 0 Å². The molecule has 2 atom stereocenters. The molecule has 2 aromatic carbocycles. The molecule has 0 bridgehead atoms. The van der Waals surface area contributed by atoms with E-state index in [4.69, 9.17) is 9.47 Å². The van der Waals surface area contributed by atoms with Gasteiger partial charge in [-0.2, -0.15) is 0 Å². The first-order valence-electron chi connectivity index (χ1n) is 8.75. The van der Waals surface area contributed by atoms with E-state index in [1.165, 1.54) is 31.3 Å². The lowest BCUT2D eigenvalue weighted by Crippen LogP contribution is -2.26. The number of nitrogens with zero attached hydrogens (tertiary/aromatic N) is 1. The van der Waals surface area contributed by atoms with E-state index < -0.39 is 28.1 Å². The molecule has 7 nitrogen and oxygen atoms in total. The van der Waals surface area contributed by atoms with Crippen LogP contribution in [-0.2, 0) is 24.3 Å². The normalized spacial score (nSPS) is 19.2. The number of esters is 2. The van der Waals surface area contributed by atoms with E-state index in [0.717, 1.165) is 9.87 Å². The SMILES string of the molecule is Cc1ccc(S(=O)(=O)N(C)c2ccc(C(=O)OC3CC(C)OC3=O)cc2)cc1. The van der Waals surface area contributed by atoms with Crippen molar-refractivity contribution in [2.75, 3.05) is 11.4 Å². The molecule has 2 aromatic rings. The minimum atomic E-state index is -3.72. The van der Waals surface area contributed by atoms with E-state index in [1.54, 1.807) is 31.2 Å². The Bertz CT molecular complexity index is 982. The molecule has 0 aromatic heterocycles. The van der Waals surface area contributed by atoms with Crippen molar-refractivity contribution < 1.29 is 27.5 Å². The van der Waals surface area contributed by atoms with Crippen LogP contribution in [0.1, 0.15) is 29.3 Å². The van der Waals surface area contributed by atoms with Gasteiger partial charge in [0.05, 0.1) is 16.1 Å². The number of anilines is 1. The van der Waals surface area contributed by atoms with E-state index in [1.807, 2.05) is 6.92 Å². The Kier molecular flexibility index (Phi) is 5.42. The van der Waals surface area contributed by atoms with Crippen molar-refractivity contribution >= 4 is 27.6 Å². The van der Waals surface area contributed by atoms with Crippen molar-refractivity contribution in [3.05, 3.63) is 59.7 Å². The van der Waals surface area contributed by atoms with E-state index in [-0.39, 0.29) is 16.6 Å². The zero-order valence-electron chi connectivity index (χ0n) is 15.8. The van der Waals surface area contributed by atoms with Gasteiger partial charge in [0.15, 0.2) is 0 Å². The van der Waals surface area contributed by atoms with Gasteiger partial charge in [0.2, 0.25) is 6.10 Å². The number of carbonyl (C=O) groups excluding carboxylic acids is 2. The maximum Gasteiger partial charge on any atom is 0.347 e. The first kappa shape index (κ1) is 19.9. The lowest BCUT2D eigenvalue weighted by Gasteiger charge is -2.20. The minimum absolute atomic E-state index is 0.179. The van der Waals surface area contributed by atoms with E-state index in [2.05, 4.69) is 0 Å². The summed E-state index contributed by atoms with van der Waals surface area (Å²) < 4.78 is 36.8. The average Bonchev–Trinajstić information content (AvgIpc) is 2.98. The van der Waals surface area contributed by atoms with Crippen LogP contribution < -0.4 is 4.31 Å². The molecule has 1 heterocycles. The fourth-order valence-electron chi connectivity index (χ4n) is 2.83. The summed E-state index contributed by atoms with van der Waals surface area (Å²) in [6, 6.07) is 12.5. The molecule has 0 radical (unpaired) electrons. The van der Waals surface area contributed by atoms with Crippen molar-refractivity contribution in [1.29, 1.82) is 0 Å². The minimum Gasteiger partial charge on any atom is -0.460 e. The highest BCUT2D eigenvalue weighted by Gasteiger charge is 2.35. The molecule has 1 saturated heterocycles. The van der Waals surface area contributed by atoms with Crippen LogP contribution in [0.25, 0.3) is 0 Å². The molecule has 0 N–H and O–H groups in total. The Hall–Kier alpha value is -2.87. The highest BCUT2D eigenvalue weighted by atomic mass is 32.2. The van der Waals surface area contributed by atoms with E-state index in [0.29, 0.717) is 12.1 Å². The first-order chi connectivity index (χ1) is 13.2. The molecule has 1 aliphatic rings. The molecule has 1 aliphatic heterocycles. The Morgan fingerprint density at radius 1 is 1.11 bits per heavy atom. The number of ether oxygens (including phenoxy) is 2. The molecule has 8 heteroatoms. The molecule has 28 heavy (non-hydrogen) atoms. The highest BCUT2D eigenvalue weighted by molar-refractivity contribution is 7.92. The fraction of sp³-hybridized carbons (Fsp3) is 0.300. The standard InChI is InChI=1S/C20H21NO6S/c1-13-4-10-17(11-5-13)28(24,25)21(3)16-8-6-15(7-9-16)19(22)27-18-12-14(2)26-20(18)23/h4-11,14,18H,12H2,1-3H3. The second-order valence-electron chi connectivity index (χ2n) is 6.71. The second-order valence-corrected chi connectivity index (χ2v) is 8.68. The Morgan fingerprint density at radius 3 is 2.25 bits per heavy atom. The largest absolute Gasteiger partial charge is 0.460 e. The summed E-state index contributed by atoms with van der Waals surface area (Å²) in [6.45, 7) is 3.61. The lowest BCUT2D eigenvalue weighted by atomic mass is 10.2. The molecule has 0 spiro atoms. The molecular formula is C20H21NO6S.